The smallest absolute Gasteiger partial charge is 0.306 e. The second-order valence-corrected chi connectivity index (χ2v) is 13.7. The Kier molecular flexibility index (Phi) is 9.39. The highest BCUT2D eigenvalue weighted by Gasteiger charge is 2.80. The Labute approximate surface area is 241 Å². The van der Waals surface area contributed by atoms with Gasteiger partial charge in [0.1, 0.15) is 11.7 Å². The molecule has 6 nitrogen and oxygen atoms in total. The largest absolute Gasteiger partial charge is 0.458 e. The van der Waals surface area contributed by atoms with Crippen LogP contribution in [0.4, 0.5) is 0 Å². The van der Waals surface area contributed by atoms with E-state index in [0.717, 1.165) is 30.4 Å². The number of carbonyl (C=O) groups excluding carboxylic acids is 3. The average Bonchev–Trinajstić information content (AvgIpc) is 3.29. The molecule has 0 aromatic heterocycles. The molecule has 4 rings (SSSR count). The zero-order chi connectivity index (χ0) is 29.3. The van der Waals surface area contributed by atoms with Crippen molar-refractivity contribution in [3.05, 3.63) is 23.3 Å². The SMILES string of the molecule is CCCCCCCCCC(=O)O[C@@]12C[C@@H](C)C34C=C(C)C(OC(=O)CCC)C3CC(CO)=CC(C4=O)[C@@H]1C2(C)C. The Balaban J connectivity index is 1.58. The number of aliphatic hydroxyl groups is 1. The number of unbranched alkanes of at least 4 members (excludes halogenated alkanes) is 6. The Hall–Kier alpha value is -1.95. The molecule has 0 saturated heterocycles. The van der Waals surface area contributed by atoms with Crippen molar-refractivity contribution in [2.45, 2.75) is 130 Å². The van der Waals surface area contributed by atoms with Crippen molar-refractivity contribution in [1.29, 1.82) is 0 Å². The monoisotopic (exact) mass is 556 g/mol. The lowest BCUT2D eigenvalue weighted by Gasteiger charge is -2.41. The number of rotatable bonds is 13. The van der Waals surface area contributed by atoms with Crippen LogP contribution in [0.2, 0.25) is 0 Å². The minimum Gasteiger partial charge on any atom is -0.458 e. The van der Waals surface area contributed by atoms with Gasteiger partial charge >= 0.3 is 11.9 Å². The van der Waals surface area contributed by atoms with Crippen LogP contribution in [0.1, 0.15) is 119 Å². The molecule has 2 saturated carbocycles. The first kappa shape index (κ1) is 31.0. The third kappa shape index (κ3) is 5.23. The number of hydrogen-bond donors (Lipinski definition) is 1. The van der Waals surface area contributed by atoms with Crippen molar-refractivity contribution in [2.24, 2.45) is 34.5 Å². The van der Waals surface area contributed by atoms with Crippen LogP contribution < -0.4 is 0 Å². The molecule has 4 unspecified atom stereocenters. The number of allylic oxidation sites excluding steroid dienone is 2. The van der Waals surface area contributed by atoms with Crippen LogP contribution in [-0.4, -0.2) is 41.1 Å². The summed E-state index contributed by atoms with van der Waals surface area (Å²) >= 11 is 0. The van der Waals surface area contributed by atoms with Gasteiger partial charge in [0.2, 0.25) is 0 Å². The van der Waals surface area contributed by atoms with Gasteiger partial charge < -0.3 is 14.6 Å². The van der Waals surface area contributed by atoms with Crippen LogP contribution in [0.5, 0.6) is 0 Å². The van der Waals surface area contributed by atoms with Crippen LogP contribution in [0.15, 0.2) is 23.3 Å². The maximum Gasteiger partial charge on any atom is 0.306 e. The van der Waals surface area contributed by atoms with Crippen molar-refractivity contribution in [1.82, 2.24) is 0 Å². The normalized spacial score (nSPS) is 35.5. The number of carbonyl (C=O) groups is 3. The molecule has 0 amide bonds. The van der Waals surface area contributed by atoms with E-state index >= 15 is 0 Å². The zero-order valence-corrected chi connectivity index (χ0v) is 25.7. The fourth-order valence-corrected chi connectivity index (χ4v) is 8.65. The van der Waals surface area contributed by atoms with Crippen molar-refractivity contribution in [2.75, 3.05) is 6.61 Å². The summed E-state index contributed by atoms with van der Waals surface area (Å²) in [5, 5.41) is 10.3. The van der Waals surface area contributed by atoms with Gasteiger partial charge in [-0.2, -0.15) is 0 Å². The molecule has 0 radical (unpaired) electrons. The van der Waals surface area contributed by atoms with Gasteiger partial charge in [-0.05, 0) is 49.7 Å². The van der Waals surface area contributed by atoms with E-state index in [4.69, 9.17) is 9.47 Å². The maximum atomic E-state index is 14.6. The number of aliphatic hydroxyl groups excluding tert-OH is 1. The second kappa shape index (κ2) is 12.1. The van der Waals surface area contributed by atoms with Gasteiger partial charge in [0, 0.05) is 36.0 Å². The Morgan fingerprint density at radius 3 is 2.33 bits per heavy atom. The lowest BCUT2D eigenvalue weighted by atomic mass is 9.62. The highest BCUT2D eigenvalue weighted by atomic mass is 16.6. The second-order valence-electron chi connectivity index (χ2n) is 13.7. The fraction of sp³-hybridized carbons (Fsp3) is 0.794. The highest BCUT2D eigenvalue weighted by molar-refractivity contribution is 5.94. The molecule has 2 bridgehead atoms. The quantitative estimate of drug-likeness (QED) is 0.151. The summed E-state index contributed by atoms with van der Waals surface area (Å²) in [6, 6.07) is 0. The number of ether oxygens (including phenoxy) is 2. The van der Waals surface area contributed by atoms with Gasteiger partial charge in [0.25, 0.3) is 0 Å². The average molecular weight is 557 g/mol. The molecule has 4 aliphatic rings. The molecule has 0 aliphatic heterocycles. The molecule has 224 valence electrons. The number of Topliss-reactive ketones (excluding diaryl/α,β-unsaturated/α-hetero) is 1. The third-order valence-corrected chi connectivity index (χ3v) is 10.8. The van der Waals surface area contributed by atoms with Crippen molar-refractivity contribution in [3.8, 4) is 0 Å². The van der Waals surface area contributed by atoms with E-state index in [2.05, 4.69) is 33.8 Å². The molecule has 2 fully saturated rings. The van der Waals surface area contributed by atoms with Crippen LogP contribution in [-0.2, 0) is 23.9 Å². The Morgan fingerprint density at radius 2 is 1.68 bits per heavy atom. The molecule has 4 aliphatic carbocycles. The predicted octanol–water partition coefficient (Wildman–Crippen LogP) is 6.89. The molecule has 0 aromatic rings. The first-order valence-electron chi connectivity index (χ1n) is 16.0. The van der Waals surface area contributed by atoms with Crippen LogP contribution >= 0.6 is 0 Å². The Bertz CT molecular complexity index is 1040. The van der Waals surface area contributed by atoms with E-state index in [0.29, 0.717) is 32.1 Å². The highest BCUT2D eigenvalue weighted by Crippen LogP contribution is 2.75. The van der Waals surface area contributed by atoms with Crippen molar-refractivity contribution in [3.63, 3.8) is 0 Å². The molecular weight excluding hydrogens is 504 g/mol. The maximum absolute atomic E-state index is 14.6. The summed E-state index contributed by atoms with van der Waals surface area (Å²) in [6.07, 6.45) is 14.1. The van der Waals surface area contributed by atoms with E-state index < -0.39 is 23.0 Å². The first-order chi connectivity index (χ1) is 19.0. The summed E-state index contributed by atoms with van der Waals surface area (Å²) in [5.74, 6) is -1.25. The van der Waals surface area contributed by atoms with E-state index in [1.165, 1.54) is 25.7 Å². The molecule has 7 atom stereocenters. The minimum absolute atomic E-state index is 0.109. The predicted molar refractivity (Wildman–Crippen MR) is 155 cm³/mol. The minimum atomic E-state index is -0.819. The lowest BCUT2D eigenvalue weighted by Crippen LogP contribution is -2.46. The fourth-order valence-electron chi connectivity index (χ4n) is 8.65. The summed E-state index contributed by atoms with van der Waals surface area (Å²) in [7, 11) is 0. The third-order valence-electron chi connectivity index (χ3n) is 10.8. The molecule has 0 heterocycles. The summed E-state index contributed by atoms with van der Waals surface area (Å²) in [5.41, 5.74) is -0.162. The summed E-state index contributed by atoms with van der Waals surface area (Å²) in [4.78, 5) is 40.5. The molecule has 40 heavy (non-hydrogen) atoms. The Morgan fingerprint density at radius 1 is 1.00 bits per heavy atom. The molecule has 1 N–H and O–H groups in total. The number of hydrogen-bond acceptors (Lipinski definition) is 6. The van der Waals surface area contributed by atoms with Gasteiger partial charge in [-0.25, -0.2) is 0 Å². The first-order valence-corrected chi connectivity index (χ1v) is 16.0. The van der Waals surface area contributed by atoms with Crippen LogP contribution in [0.3, 0.4) is 0 Å². The summed E-state index contributed by atoms with van der Waals surface area (Å²) in [6.45, 7) is 12.3. The van der Waals surface area contributed by atoms with Crippen LogP contribution in [0, 0.1) is 34.5 Å². The van der Waals surface area contributed by atoms with Crippen LogP contribution in [0.25, 0.3) is 0 Å². The van der Waals surface area contributed by atoms with E-state index in [-0.39, 0.29) is 47.5 Å². The van der Waals surface area contributed by atoms with Gasteiger partial charge in [-0.15, -0.1) is 0 Å². The summed E-state index contributed by atoms with van der Waals surface area (Å²) < 4.78 is 12.4. The van der Waals surface area contributed by atoms with Crippen molar-refractivity contribution >= 4 is 17.7 Å². The van der Waals surface area contributed by atoms with E-state index in [9.17, 15) is 19.5 Å². The van der Waals surface area contributed by atoms with E-state index in [1.54, 1.807) is 0 Å². The molecule has 1 spiro atoms. The van der Waals surface area contributed by atoms with Gasteiger partial charge in [-0.3, -0.25) is 14.4 Å². The number of ketones is 1. The van der Waals surface area contributed by atoms with Crippen molar-refractivity contribution < 1.29 is 29.0 Å². The zero-order valence-electron chi connectivity index (χ0n) is 25.7. The topological polar surface area (TPSA) is 89.9 Å². The number of esters is 2. The van der Waals surface area contributed by atoms with Gasteiger partial charge in [0.15, 0.2) is 5.78 Å². The molecular formula is C34H52O6. The lowest BCUT2D eigenvalue weighted by molar-refractivity contribution is -0.157. The standard InChI is InChI=1S/C34H52O6/c1-7-9-10-11-12-13-14-16-28(37)40-34-20-23(4)33-19-22(3)29(39-27(36)15-8-2)26(33)18-24(21-35)17-25(31(33)38)30(34)32(34,5)6/h17,19,23,25-26,29-30,35H,7-16,18,20-21H2,1-6H3/t23-,25?,26?,29?,30-,33?,34+/m1/s1. The molecule has 6 heteroatoms. The number of fused-ring (bicyclic) bond motifs is 3. The van der Waals surface area contributed by atoms with Gasteiger partial charge in [-0.1, -0.05) is 85.3 Å². The molecule has 0 aromatic carbocycles. The van der Waals surface area contributed by atoms with E-state index in [1.807, 2.05) is 19.9 Å². The van der Waals surface area contributed by atoms with Gasteiger partial charge in [0.05, 0.1) is 12.0 Å².